The van der Waals surface area contributed by atoms with Gasteiger partial charge >= 0.3 is 0 Å². The van der Waals surface area contributed by atoms with E-state index in [2.05, 4.69) is 27.0 Å². The van der Waals surface area contributed by atoms with Gasteiger partial charge in [-0.1, -0.05) is 6.92 Å². The second kappa shape index (κ2) is 5.59. The smallest absolute Gasteiger partial charge is 0.137 e. The number of hydrogen-bond acceptors (Lipinski definition) is 4. The van der Waals surface area contributed by atoms with Crippen molar-refractivity contribution in [2.24, 2.45) is 5.41 Å². The number of nitrogens with one attached hydrogen (secondary N) is 1. The van der Waals surface area contributed by atoms with Gasteiger partial charge in [0, 0.05) is 32.2 Å². The average molecular weight is 264 g/mol. The number of likely N-dealkylation sites (tertiary alicyclic amines) is 1. The van der Waals surface area contributed by atoms with Gasteiger partial charge in [-0.25, -0.2) is 4.98 Å². The minimum Gasteiger partial charge on any atom is -0.381 e. The van der Waals surface area contributed by atoms with Crippen LogP contribution in [0.25, 0.3) is 0 Å². The maximum Gasteiger partial charge on any atom is 0.137 e. The largest absolute Gasteiger partial charge is 0.381 e. The predicted molar refractivity (Wildman–Crippen MR) is 73.0 cm³/mol. The van der Waals surface area contributed by atoms with E-state index in [9.17, 15) is 0 Å². The summed E-state index contributed by atoms with van der Waals surface area (Å²) in [4.78, 5) is 6.94. The molecule has 3 heterocycles. The van der Waals surface area contributed by atoms with Gasteiger partial charge in [-0.2, -0.15) is 5.10 Å². The Morgan fingerprint density at radius 1 is 1.47 bits per heavy atom. The molecule has 5 nitrogen and oxygen atoms in total. The van der Waals surface area contributed by atoms with E-state index < -0.39 is 0 Å². The molecule has 106 valence electrons. The van der Waals surface area contributed by atoms with Crippen LogP contribution in [0.5, 0.6) is 0 Å². The molecule has 2 fully saturated rings. The number of piperidine rings is 1. The molecule has 1 atom stereocenters. The van der Waals surface area contributed by atoms with Crippen LogP contribution in [0.15, 0.2) is 6.33 Å². The van der Waals surface area contributed by atoms with E-state index in [1.54, 1.807) is 6.33 Å². The number of aromatic amines is 1. The lowest BCUT2D eigenvalue weighted by molar-refractivity contribution is 0.000606. The van der Waals surface area contributed by atoms with Crippen LogP contribution in [0.2, 0.25) is 0 Å². The molecular formula is C14H24N4O. The Morgan fingerprint density at radius 3 is 3.05 bits per heavy atom. The lowest BCUT2D eigenvalue weighted by atomic mass is 9.81. The van der Waals surface area contributed by atoms with Crippen molar-refractivity contribution in [2.45, 2.75) is 38.5 Å². The Hall–Kier alpha value is -0.940. The summed E-state index contributed by atoms with van der Waals surface area (Å²) < 4.78 is 5.49. The summed E-state index contributed by atoms with van der Waals surface area (Å²) >= 11 is 0. The van der Waals surface area contributed by atoms with E-state index in [4.69, 9.17) is 4.74 Å². The van der Waals surface area contributed by atoms with E-state index in [0.29, 0.717) is 11.3 Å². The van der Waals surface area contributed by atoms with Crippen molar-refractivity contribution < 1.29 is 4.74 Å². The molecule has 0 spiro atoms. The summed E-state index contributed by atoms with van der Waals surface area (Å²) in [6.07, 6.45) is 6.49. The molecule has 2 aliphatic rings. The van der Waals surface area contributed by atoms with Crippen molar-refractivity contribution in [1.29, 1.82) is 0 Å². The highest BCUT2D eigenvalue weighted by Gasteiger charge is 2.32. The van der Waals surface area contributed by atoms with Crippen molar-refractivity contribution in [3.05, 3.63) is 12.2 Å². The highest BCUT2D eigenvalue weighted by atomic mass is 16.5. The summed E-state index contributed by atoms with van der Waals surface area (Å²) in [5, 5.41) is 7.01. The van der Waals surface area contributed by atoms with Gasteiger partial charge in [0.25, 0.3) is 0 Å². The van der Waals surface area contributed by atoms with E-state index in [1.165, 1.54) is 38.8 Å². The minimum absolute atomic E-state index is 0.432. The van der Waals surface area contributed by atoms with Gasteiger partial charge in [-0.3, -0.25) is 5.10 Å². The van der Waals surface area contributed by atoms with Crippen molar-refractivity contribution in [1.82, 2.24) is 20.1 Å². The third-order valence-corrected chi connectivity index (χ3v) is 4.63. The third-order valence-electron chi connectivity index (χ3n) is 4.63. The van der Waals surface area contributed by atoms with Crippen LogP contribution in [0.3, 0.4) is 0 Å². The van der Waals surface area contributed by atoms with Gasteiger partial charge in [-0.05, 0) is 37.6 Å². The van der Waals surface area contributed by atoms with Gasteiger partial charge in [0.2, 0.25) is 0 Å². The highest BCUT2D eigenvalue weighted by molar-refractivity contribution is 4.97. The molecule has 0 radical (unpaired) electrons. The topological polar surface area (TPSA) is 54.0 Å². The van der Waals surface area contributed by atoms with Crippen LogP contribution in [0.1, 0.15) is 44.3 Å². The van der Waals surface area contributed by atoms with Crippen LogP contribution in [0.4, 0.5) is 0 Å². The molecule has 0 saturated carbocycles. The van der Waals surface area contributed by atoms with Crippen LogP contribution < -0.4 is 0 Å². The second-order valence-corrected chi connectivity index (χ2v) is 6.37. The molecule has 5 heteroatoms. The number of H-pyrrole nitrogens is 1. The van der Waals surface area contributed by atoms with Crippen LogP contribution in [0, 0.1) is 5.41 Å². The quantitative estimate of drug-likeness (QED) is 0.904. The van der Waals surface area contributed by atoms with E-state index in [1.807, 2.05) is 0 Å². The van der Waals surface area contributed by atoms with Crippen LogP contribution >= 0.6 is 0 Å². The zero-order valence-corrected chi connectivity index (χ0v) is 11.8. The molecule has 0 amide bonds. The Balaban J connectivity index is 1.59. The zero-order chi connectivity index (χ0) is 13.1. The fourth-order valence-electron chi connectivity index (χ4n) is 3.40. The summed E-state index contributed by atoms with van der Waals surface area (Å²) in [5.41, 5.74) is 0.432. The fourth-order valence-corrected chi connectivity index (χ4v) is 3.40. The van der Waals surface area contributed by atoms with Crippen molar-refractivity contribution in [2.75, 3.05) is 32.8 Å². The maximum absolute atomic E-state index is 5.49. The lowest BCUT2D eigenvalue weighted by Gasteiger charge is -2.41. The van der Waals surface area contributed by atoms with Crippen LogP contribution in [-0.4, -0.2) is 52.9 Å². The second-order valence-electron chi connectivity index (χ2n) is 6.37. The van der Waals surface area contributed by atoms with Gasteiger partial charge in [0.1, 0.15) is 12.2 Å². The lowest BCUT2D eigenvalue weighted by Crippen LogP contribution is -2.43. The summed E-state index contributed by atoms with van der Waals surface area (Å²) in [6, 6.07) is 0. The molecule has 1 unspecified atom stereocenters. The first-order valence-corrected chi connectivity index (χ1v) is 7.41. The Morgan fingerprint density at radius 2 is 2.32 bits per heavy atom. The molecule has 0 aliphatic carbocycles. The van der Waals surface area contributed by atoms with Crippen molar-refractivity contribution in [3.8, 4) is 0 Å². The number of hydrogen-bond donors (Lipinski definition) is 1. The number of rotatable bonds is 3. The fraction of sp³-hybridized carbons (Fsp3) is 0.857. The molecular weight excluding hydrogens is 240 g/mol. The third kappa shape index (κ3) is 3.15. The molecule has 1 aromatic rings. The first kappa shape index (κ1) is 13.1. The Bertz CT molecular complexity index is 386. The first-order chi connectivity index (χ1) is 9.25. The number of nitrogens with zero attached hydrogens (tertiary/aromatic N) is 3. The van der Waals surface area contributed by atoms with Crippen molar-refractivity contribution >= 4 is 0 Å². The van der Waals surface area contributed by atoms with Gasteiger partial charge in [0.15, 0.2) is 0 Å². The zero-order valence-electron chi connectivity index (χ0n) is 11.8. The highest BCUT2D eigenvalue weighted by Crippen LogP contribution is 2.33. The maximum atomic E-state index is 5.49. The standard InChI is InChI=1S/C14H24N4O/c1-14(4-7-19-8-5-14)10-18-6-2-3-12(9-18)13-15-11-16-17-13/h11-12H,2-10H2,1H3,(H,15,16,17). The molecule has 1 aromatic heterocycles. The van der Waals surface area contributed by atoms with Crippen molar-refractivity contribution in [3.63, 3.8) is 0 Å². The number of aromatic nitrogens is 3. The number of ether oxygens (including phenoxy) is 1. The van der Waals surface area contributed by atoms with Crippen LogP contribution in [-0.2, 0) is 4.74 Å². The minimum atomic E-state index is 0.432. The molecule has 0 aromatic carbocycles. The summed E-state index contributed by atoms with van der Waals surface area (Å²) in [7, 11) is 0. The monoisotopic (exact) mass is 264 g/mol. The molecule has 2 aliphatic heterocycles. The SMILES string of the molecule is CC1(CN2CCCC(c3ncn[nH]3)C2)CCOCC1. The van der Waals surface area contributed by atoms with Gasteiger partial charge in [-0.15, -0.1) is 0 Å². The molecule has 0 bridgehead atoms. The van der Waals surface area contributed by atoms with E-state index >= 15 is 0 Å². The summed E-state index contributed by atoms with van der Waals surface area (Å²) in [6.45, 7) is 7.80. The predicted octanol–water partition coefficient (Wildman–Crippen LogP) is 1.80. The van der Waals surface area contributed by atoms with Gasteiger partial charge < -0.3 is 9.64 Å². The van der Waals surface area contributed by atoms with E-state index in [0.717, 1.165) is 25.6 Å². The van der Waals surface area contributed by atoms with E-state index in [-0.39, 0.29) is 0 Å². The molecule has 2 saturated heterocycles. The average Bonchev–Trinajstić information content (AvgIpc) is 2.93. The Kier molecular flexibility index (Phi) is 3.84. The molecule has 1 N–H and O–H groups in total. The Labute approximate surface area is 114 Å². The molecule has 3 rings (SSSR count). The summed E-state index contributed by atoms with van der Waals surface area (Å²) in [5.74, 6) is 1.58. The van der Waals surface area contributed by atoms with Gasteiger partial charge in [0.05, 0.1) is 0 Å². The normalized spacial score (nSPS) is 28.4. The first-order valence-electron chi connectivity index (χ1n) is 7.41. The molecule has 19 heavy (non-hydrogen) atoms.